The monoisotopic (exact) mass is 236 g/mol. The van der Waals surface area contributed by atoms with Crippen molar-refractivity contribution in [3.8, 4) is 0 Å². The largest absolute Gasteiger partial charge is 0.397 e. The molecule has 2 amide bonds. The summed E-state index contributed by atoms with van der Waals surface area (Å²) in [7, 11) is 1.77. The predicted octanol–water partition coefficient (Wildman–Crippen LogP) is -0.445. The standard InChI is InChI=1S/C11H16N4O2/c1-14-6-8(12)4-9(14)11(17)15-3-2-7(5-15)10(13)16/h4,6-7H,2-3,5,12H2,1H3,(H2,13,16). The van der Waals surface area contributed by atoms with Crippen LogP contribution in [0.4, 0.5) is 5.69 Å². The summed E-state index contributed by atoms with van der Waals surface area (Å²) in [6.45, 7) is 0.969. The number of amides is 2. The van der Waals surface area contributed by atoms with Crippen molar-refractivity contribution in [1.29, 1.82) is 0 Å². The van der Waals surface area contributed by atoms with Gasteiger partial charge in [0.25, 0.3) is 5.91 Å². The first kappa shape index (κ1) is 11.5. The summed E-state index contributed by atoms with van der Waals surface area (Å²) in [6.07, 6.45) is 2.33. The van der Waals surface area contributed by atoms with Crippen molar-refractivity contribution in [2.45, 2.75) is 6.42 Å². The van der Waals surface area contributed by atoms with Crippen molar-refractivity contribution in [2.75, 3.05) is 18.8 Å². The normalized spacial score (nSPS) is 19.6. The average Bonchev–Trinajstić information content (AvgIpc) is 2.84. The maximum Gasteiger partial charge on any atom is 0.270 e. The van der Waals surface area contributed by atoms with E-state index in [1.165, 1.54) is 0 Å². The minimum Gasteiger partial charge on any atom is -0.397 e. The first-order chi connectivity index (χ1) is 7.99. The van der Waals surface area contributed by atoms with Crippen LogP contribution >= 0.6 is 0 Å². The molecule has 4 N–H and O–H groups in total. The maximum absolute atomic E-state index is 12.1. The van der Waals surface area contributed by atoms with Crippen molar-refractivity contribution in [2.24, 2.45) is 18.7 Å². The number of anilines is 1. The van der Waals surface area contributed by atoms with Gasteiger partial charge < -0.3 is 20.9 Å². The number of primary amides is 1. The molecule has 0 radical (unpaired) electrons. The topological polar surface area (TPSA) is 94.3 Å². The Kier molecular flexibility index (Phi) is 2.79. The summed E-state index contributed by atoms with van der Waals surface area (Å²) in [5.74, 6) is -0.670. The quantitative estimate of drug-likeness (QED) is 0.728. The van der Waals surface area contributed by atoms with Crippen LogP contribution in [-0.2, 0) is 11.8 Å². The highest BCUT2D eigenvalue weighted by atomic mass is 16.2. The van der Waals surface area contributed by atoms with E-state index in [4.69, 9.17) is 11.5 Å². The molecule has 6 nitrogen and oxygen atoms in total. The number of aryl methyl sites for hydroxylation is 1. The van der Waals surface area contributed by atoms with Gasteiger partial charge in [-0.3, -0.25) is 9.59 Å². The van der Waals surface area contributed by atoms with Gasteiger partial charge >= 0.3 is 0 Å². The third-order valence-corrected chi connectivity index (χ3v) is 3.12. The summed E-state index contributed by atoms with van der Waals surface area (Å²) < 4.78 is 1.69. The van der Waals surface area contributed by atoms with E-state index >= 15 is 0 Å². The van der Waals surface area contributed by atoms with Crippen LogP contribution in [0.15, 0.2) is 12.3 Å². The third-order valence-electron chi connectivity index (χ3n) is 3.12. The van der Waals surface area contributed by atoms with E-state index in [9.17, 15) is 9.59 Å². The van der Waals surface area contributed by atoms with Gasteiger partial charge in [-0.25, -0.2) is 0 Å². The van der Waals surface area contributed by atoms with Gasteiger partial charge in [0, 0.05) is 26.3 Å². The average molecular weight is 236 g/mol. The van der Waals surface area contributed by atoms with E-state index in [0.29, 0.717) is 30.9 Å². The molecule has 1 aliphatic rings. The van der Waals surface area contributed by atoms with E-state index in [1.807, 2.05) is 0 Å². The van der Waals surface area contributed by atoms with Crippen LogP contribution in [-0.4, -0.2) is 34.4 Å². The summed E-state index contributed by atoms with van der Waals surface area (Å²) in [5.41, 5.74) is 11.9. The van der Waals surface area contributed by atoms with Crippen LogP contribution in [0.1, 0.15) is 16.9 Å². The molecule has 1 aliphatic heterocycles. The Morgan fingerprint density at radius 2 is 2.18 bits per heavy atom. The zero-order valence-corrected chi connectivity index (χ0v) is 9.72. The van der Waals surface area contributed by atoms with Gasteiger partial charge in [-0.05, 0) is 12.5 Å². The molecule has 17 heavy (non-hydrogen) atoms. The number of carbonyl (C=O) groups is 2. The summed E-state index contributed by atoms with van der Waals surface area (Å²) in [6, 6.07) is 1.64. The molecule has 0 bridgehead atoms. The smallest absolute Gasteiger partial charge is 0.270 e. The lowest BCUT2D eigenvalue weighted by Gasteiger charge is -2.16. The number of hydrogen-bond donors (Lipinski definition) is 2. The highest BCUT2D eigenvalue weighted by Gasteiger charge is 2.31. The molecule has 0 aromatic carbocycles. The lowest BCUT2D eigenvalue weighted by Crippen LogP contribution is -2.32. The molecule has 0 spiro atoms. The highest BCUT2D eigenvalue weighted by Crippen LogP contribution is 2.19. The van der Waals surface area contributed by atoms with E-state index in [1.54, 1.807) is 28.8 Å². The Labute approximate surface area is 99.2 Å². The second kappa shape index (κ2) is 4.12. The van der Waals surface area contributed by atoms with Crippen molar-refractivity contribution < 1.29 is 9.59 Å². The number of rotatable bonds is 2. The van der Waals surface area contributed by atoms with Crippen LogP contribution in [0.3, 0.4) is 0 Å². The predicted molar refractivity (Wildman–Crippen MR) is 63.0 cm³/mol. The SMILES string of the molecule is Cn1cc(N)cc1C(=O)N1CCC(C(N)=O)C1. The van der Waals surface area contributed by atoms with Crippen LogP contribution in [0.2, 0.25) is 0 Å². The molecule has 92 valence electrons. The zero-order chi connectivity index (χ0) is 12.6. The van der Waals surface area contributed by atoms with Crippen molar-refractivity contribution >= 4 is 17.5 Å². The Hall–Kier alpha value is -1.98. The van der Waals surface area contributed by atoms with Gasteiger partial charge in [0.2, 0.25) is 5.91 Å². The Balaban J connectivity index is 2.12. The molecule has 1 unspecified atom stereocenters. The molecule has 0 saturated carbocycles. The molecule has 1 saturated heterocycles. The Bertz CT molecular complexity index is 466. The fourth-order valence-corrected chi connectivity index (χ4v) is 2.14. The maximum atomic E-state index is 12.1. The fourth-order valence-electron chi connectivity index (χ4n) is 2.14. The third kappa shape index (κ3) is 2.11. The fraction of sp³-hybridized carbons (Fsp3) is 0.455. The summed E-state index contributed by atoms with van der Waals surface area (Å²) in [4.78, 5) is 24.8. The van der Waals surface area contributed by atoms with Gasteiger partial charge in [0.1, 0.15) is 5.69 Å². The van der Waals surface area contributed by atoms with E-state index in [0.717, 1.165) is 0 Å². The van der Waals surface area contributed by atoms with Gasteiger partial charge in [-0.15, -0.1) is 0 Å². The minimum absolute atomic E-state index is 0.104. The van der Waals surface area contributed by atoms with Crippen molar-refractivity contribution in [3.05, 3.63) is 18.0 Å². The number of hydrogen-bond acceptors (Lipinski definition) is 3. The first-order valence-electron chi connectivity index (χ1n) is 5.49. The summed E-state index contributed by atoms with van der Waals surface area (Å²) >= 11 is 0. The second-order valence-electron chi connectivity index (χ2n) is 4.41. The molecular formula is C11H16N4O2. The number of nitrogens with zero attached hydrogens (tertiary/aromatic N) is 2. The van der Waals surface area contributed by atoms with Gasteiger partial charge in [0.15, 0.2) is 0 Å². The van der Waals surface area contributed by atoms with Crippen LogP contribution < -0.4 is 11.5 Å². The van der Waals surface area contributed by atoms with Crippen LogP contribution in [0.5, 0.6) is 0 Å². The lowest BCUT2D eigenvalue weighted by atomic mass is 10.1. The number of likely N-dealkylation sites (tertiary alicyclic amines) is 1. The van der Waals surface area contributed by atoms with Gasteiger partial charge in [0.05, 0.1) is 11.6 Å². The second-order valence-corrected chi connectivity index (χ2v) is 4.41. The van der Waals surface area contributed by atoms with Crippen molar-refractivity contribution in [1.82, 2.24) is 9.47 Å². The van der Waals surface area contributed by atoms with Crippen LogP contribution in [0, 0.1) is 5.92 Å². The molecular weight excluding hydrogens is 220 g/mol. The van der Waals surface area contributed by atoms with Gasteiger partial charge in [-0.1, -0.05) is 0 Å². The van der Waals surface area contributed by atoms with Gasteiger partial charge in [-0.2, -0.15) is 0 Å². The molecule has 1 atom stereocenters. The minimum atomic E-state index is -0.341. The number of nitrogens with two attached hydrogens (primary N) is 2. The Morgan fingerprint density at radius 3 is 2.65 bits per heavy atom. The first-order valence-corrected chi connectivity index (χ1v) is 5.49. The molecule has 0 aliphatic carbocycles. The van der Waals surface area contributed by atoms with E-state index in [-0.39, 0.29) is 17.7 Å². The highest BCUT2D eigenvalue weighted by molar-refractivity contribution is 5.94. The number of aromatic nitrogens is 1. The van der Waals surface area contributed by atoms with Crippen LogP contribution in [0.25, 0.3) is 0 Å². The lowest BCUT2D eigenvalue weighted by molar-refractivity contribution is -0.121. The number of nitrogen functional groups attached to an aromatic ring is 1. The Morgan fingerprint density at radius 1 is 1.47 bits per heavy atom. The molecule has 1 aromatic rings. The number of carbonyl (C=O) groups excluding carboxylic acids is 2. The molecule has 6 heteroatoms. The summed E-state index contributed by atoms with van der Waals surface area (Å²) in [5, 5.41) is 0. The van der Waals surface area contributed by atoms with E-state index in [2.05, 4.69) is 0 Å². The molecule has 2 heterocycles. The molecule has 1 aromatic heterocycles. The van der Waals surface area contributed by atoms with Crippen molar-refractivity contribution in [3.63, 3.8) is 0 Å². The molecule has 2 rings (SSSR count). The zero-order valence-electron chi connectivity index (χ0n) is 9.72. The molecule has 1 fully saturated rings. The van der Waals surface area contributed by atoms with E-state index < -0.39 is 0 Å².